The summed E-state index contributed by atoms with van der Waals surface area (Å²) in [5.74, 6) is 0.451. The molecule has 160 valence electrons. The first-order valence-electron chi connectivity index (χ1n) is 9.84. The van der Waals surface area contributed by atoms with Crippen LogP contribution in [0.25, 0.3) is 16.8 Å². The molecule has 30 heavy (non-hydrogen) atoms. The number of hydrogen-bond acceptors (Lipinski definition) is 7. The second kappa shape index (κ2) is 7.94. The highest BCUT2D eigenvalue weighted by atomic mass is 16.6. The molecule has 0 bridgehead atoms. The lowest BCUT2D eigenvalue weighted by atomic mass is 10.2. The normalized spacial score (nSPS) is 17.3. The van der Waals surface area contributed by atoms with Gasteiger partial charge >= 0.3 is 6.09 Å². The molecule has 3 aromatic heterocycles. The van der Waals surface area contributed by atoms with Crippen molar-refractivity contribution in [1.82, 2.24) is 29.3 Å². The van der Waals surface area contributed by atoms with Crippen LogP contribution in [0.2, 0.25) is 0 Å². The van der Waals surface area contributed by atoms with E-state index in [1.807, 2.05) is 46.3 Å². The summed E-state index contributed by atoms with van der Waals surface area (Å²) in [4.78, 5) is 18.6. The zero-order chi connectivity index (χ0) is 21.3. The number of aryl methyl sites for hydroxylation is 1. The Morgan fingerprint density at radius 1 is 1.30 bits per heavy atom. The highest BCUT2D eigenvalue weighted by molar-refractivity contribution is 5.68. The molecular formula is C20H26N6O4. The highest BCUT2D eigenvalue weighted by Crippen LogP contribution is 2.24. The van der Waals surface area contributed by atoms with Gasteiger partial charge in [0.2, 0.25) is 5.88 Å². The van der Waals surface area contributed by atoms with Gasteiger partial charge in [0, 0.05) is 25.4 Å². The molecule has 1 aliphatic heterocycles. The van der Waals surface area contributed by atoms with Crippen molar-refractivity contribution in [3.63, 3.8) is 0 Å². The minimum atomic E-state index is -0.536. The van der Waals surface area contributed by atoms with E-state index in [2.05, 4.69) is 15.2 Å². The largest absolute Gasteiger partial charge is 0.473 e. The second-order valence-corrected chi connectivity index (χ2v) is 8.23. The molecule has 0 aromatic carbocycles. The second-order valence-electron chi connectivity index (χ2n) is 8.23. The lowest BCUT2D eigenvalue weighted by molar-refractivity contribution is -0.0560. The molecule has 1 fully saturated rings. The van der Waals surface area contributed by atoms with Gasteiger partial charge in [0.25, 0.3) is 0 Å². The van der Waals surface area contributed by atoms with E-state index in [0.29, 0.717) is 31.3 Å². The fourth-order valence-corrected chi connectivity index (χ4v) is 3.18. The van der Waals surface area contributed by atoms with Gasteiger partial charge in [0.15, 0.2) is 0 Å². The minimum Gasteiger partial charge on any atom is -0.473 e. The number of morpholine rings is 1. The van der Waals surface area contributed by atoms with E-state index in [1.165, 1.54) is 0 Å². The van der Waals surface area contributed by atoms with Crippen LogP contribution in [-0.2, 0) is 16.5 Å². The van der Waals surface area contributed by atoms with Crippen LogP contribution in [0.3, 0.4) is 0 Å². The van der Waals surface area contributed by atoms with Crippen molar-refractivity contribution in [3.8, 4) is 17.1 Å². The third-order valence-corrected chi connectivity index (χ3v) is 4.55. The van der Waals surface area contributed by atoms with Gasteiger partial charge in [0.05, 0.1) is 37.4 Å². The first kappa shape index (κ1) is 20.1. The number of carbonyl (C=O) groups excluding carboxylic acids is 1. The number of amides is 1. The van der Waals surface area contributed by atoms with E-state index in [4.69, 9.17) is 14.2 Å². The summed E-state index contributed by atoms with van der Waals surface area (Å²) >= 11 is 0. The van der Waals surface area contributed by atoms with Crippen LogP contribution < -0.4 is 4.74 Å². The molecule has 0 spiro atoms. The molecule has 4 rings (SSSR count). The molecule has 10 nitrogen and oxygen atoms in total. The third kappa shape index (κ3) is 4.54. The van der Waals surface area contributed by atoms with Gasteiger partial charge in [-0.1, -0.05) is 0 Å². The van der Waals surface area contributed by atoms with Crippen molar-refractivity contribution in [1.29, 1.82) is 0 Å². The monoisotopic (exact) mass is 414 g/mol. The Labute approximate surface area is 174 Å². The van der Waals surface area contributed by atoms with Gasteiger partial charge in [-0.3, -0.25) is 4.68 Å². The van der Waals surface area contributed by atoms with Crippen LogP contribution in [-0.4, -0.2) is 73.4 Å². The minimum absolute atomic E-state index is 0.254. The summed E-state index contributed by atoms with van der Waals surface area (Å²) in [5, 5.41) is 8.50. The molecule has 10 heteroatoms. The molecule has 0 saturated carbocycles. The van der Waals surface area contributed by atoms with Gasteiger partial charge in [-0.25, -0.2) is 14.3 Å². The molecular weight excluding hydrogens is 388 g/mol. The predicted octanol–water partition coefficient (Wildman–Crippen LogP) is 2.14. The number of nitrogens with zero attached hydrogens (tertiary/aromatic N) is 6. The smallest absolute Gasteiger partial charge is 0.410 e. The summed E-state index contributed by atoms with van der Waals surface area (Å²) in [7, 11) is 1.85. The van der Waals surface area contributed by atoms with Gasteiger partial charge in [-0.15, -0.1) is 0 Å². The lowest BCUT2D eigenvalue weighted by Gasteiger charge is -2.34. The molecule has 0 radical (unpaired) electrons. The van der Waals surface area contributed by atoms with Crippen molar-refractivity contribution in [2.24, 2.45) is 7.05 Å². The molecule has 1 aliphatic rings. The Balaban J connectivity index is 1.47. The molecule has 3 aromatic rings. The Bertz CT molecular complexity index is 1040. The number of ether oxygens (including phenoxy) is 3. The number of rotatable bonds is 4. The topological polar surface area (TPSA) is 96.0 Å². The Morgan fingerprint density at radius 2 is 2.13 bits per heavy atom. The molecule has 0 N–H and O–H groups in total. The molecule has 0 aliphatic carbocycles. The maximum Gasteiger partial charge on any atom is 0.410 e. The fraction of sp³-hybridized carbons (Fsp3) is 0.500. The number of fused-ring (bicyclic) bond motifs is 1. The van der Waals surface area contributed by atoms with E-state index < -0.39 is 5.60 Å². The Hall–Kier alpha value is -3.14. The van der Waals surface area contributed by atoms with Crippen LogP contribution in [0.5, 0.6) is 5.88 Å². The van der Waals surface area contributed by atoms with Crippen LogP contribution in [0.15, 0.2) is 30.9 Å². The van der Waals surface area contributed by atoms with Crippen molar-refractivity contribution >= 4 is 11.6 Å². The fourth-order valence-electron chi connectivity index (χ4n) is 3.18. The zero-order valence-electron chi connectivity index (χ0n) is 17.6. The van der Waals surface area contributed by atoms with Crippen LogP contribution in [0.4, 0.5) is 4.79 Å². The number of carbonyl (C=O) groups is 1. The SMILES string of the molecule is Cn1cc(-c2cn3nccc3c(OCC3CN(C(=O)OC(C)(C)C)CCO3)n2)cn1. The first-order chi connectivity index (χ1) is 14.3. The van der Waals surface area contributed by atoms with E-state index in [0.717, 1.165) is 11.1 Å². The maximum absolute atomic E-state index is 12.4. The molecule has 4 heterocycles. The maximum atomic E-state index is 12.4. The summed E-state index contributed by atoms with van der Waals surface area (Å²) in [6.45, 7) is 7.12. The van der Waals surface area contributed by atoms with Gasteiger partial charge in [-0.05, 0) is 26.8 Å². The van der Waals surface area contributed by atoms with Gasteiger partial charge < -0.3 is 19.1 Å². The van der Waals surface area contributed by atoms with Crippen molar-refractivity contribution in [3.05, 3.63) is 30.9 Å². The number of aromatic nitrogens is 5. The average molecular weight is 414 g/mol. The van der Waals surface area contributed by atoms with E-state index in [1.54, 1.807) is 26.5 Å². The summed E-state index contributed by atoms with van der Waals surface area (Å²) in [6.07, 6.45) is 6.52. The summed E-state index contributed by atoms with van der Waals surface area (Å²) in [5.41, 5.74) is 1.78. The standard InChI is InChI=1S/C20H26N6O4/c1-20(2,3)30-19(27)25-7-8-28-15(11-25)13-29-18-17-5-6-21-26(17)12-16(23-18)14-9-22-24(4)10-14/h5-6,9-10,12,15H,7-8,11,13H2,1-4H3. The number of hydrogen-bond donors (Lipinski definition) is 0. The van der Waals surface area contributed by atoms with Crippen LogP contribution in [0.1, 0.15) is 20.8 Å². The molecule has 1 atom stereocenters. The van der Waals surface area contributed by atoms with Crippen LogP contribution >= 0.6 is 0 Å². The molecule has 1 unspecified atom stereocenters. The van der Waals surface area contributed by atoms with E-state index in [-0.39, 0.29) is 18.8 Å². The highest BCUT2D eigenvalue weighted by Gasteiger charge is 2.28. The lowest BCUT2D eigenvalue weighted by Crippen LogP contribution is -2.49. The molecule has 1 saturated heterocycles. The van der Waals surface area contributed by atoms with Gasteiger partial charge in [-0.2, -0.15) is 10.2 Å². The van der Waals surface area contributed by atoms with E-state index in [9.17, 15) is 4.79 Å². The summed E-state index contributed by atoms with van der Waals surface area (Å²) in [6, 6.07) is 1.84. The first-order valence-corrected chi connectivity index (χ1v) is 9.84. The van der Waals surface area contributed by atoms with Crippen molar-refractivity contribution in [2.45, 2.75) is 32.5 Å². The van der Waals surface area contributed by atoms with Crippen LogP contribution in [0, 0.1) is 0 Å². The van der Waals surface area contributed by atoms with Crippen molar-refractivity contribution < 1.29 is 19.0 Å². The molecule has 1 amide bonds. The quantitative estimate of drug-likeness (QED) is 0.645. The van der Waals surface area contributed by atoms with E-state index >= 15 is 0 Å². The Morgan fingerprint density at radius 3 is 2.87 bits per heavy atom. The summed E-state index contributed by atoms with van der Waals surface area (Å²) < 4.78 is 20.7. The predicted molar refractivity (Wildman–Crippen MR) is 108 cm³/mol. The van der Waals surface area contributed by atoms with Gasteiger partial charge in [0.1, 0.15) is 23.8 Å². The Kier molecular flexibility index (Phi) is 5.33. The third-order valence-electron chi connectivity index (χ3n) is 4.55. The zero-order valence-corrected chi connectivity index (χ0v) is 17.6. The van der Waals surface area contributed by atoms with Crippen molar-refractivity contribution in [2.75, 3.05) is 26.3 Å². The average Bonchev–Trinajstić information content (AvgIpc) is 3.33.